The quantitative estimate of drug-likeness (QED) is 0.499. The number of aryl methyl sites for hydroxylation is 3. The average molecular weight is 384 g/mol. The summed E-state index contributed by atoms with van der Waals surface area (Å²) in [5, 5.41) is 0.525. The zero-order chi connectivity index (χ0) is 19.7. The molecule has 0 saturated carbocycles. The van der Waals surface area contributed by atoms with E-state index in [2.05, 4.69) is 4.98 Å². The van der Waals surface area contributed by atoms with Gasteiger partial charge < -0.3 is 4.74 Å². The minimum atomic E-state index is -0.933. The second-order valence-corrected chi connectivity index (χ2v) is 7.71. The minimum absolute atomic E-state index is 0.281. The Morgan fingerprint density at radius 3 is 2.52 bits per heavy atom. The van der Waals surface area contributed by atoms with Crippen molar-refractivity contribution in [3.8, 4) is 0 Å². The Bertz CT molecular complexity index is 1080. The van der Waals surface area contributed by atoms with Crippen molar-refractivity contribution in [1.29, 1.82) is 0 Å². The zero-order valence-corrected chi connectivity index (χ0v) is 16.4. The molecule has 0 saturated heterocycles. The highest BCUT2D eigenvalue weighted by molar-refractivity contribution is 7.18. The number of esters is 1. The van der Waals surface area contributed by atoms with E-state index in [1.165, 1.54) is 29.2 Å². The molecule has 0 fully saturated rings. The second-order valence-electron chi connectivity index (χ2n) is 6.50. The molecule has 27 heavy (non-hydrogen) atoms. The third-order valence-electron chi connectivity index (χ3n) is 4.47. The zero-order valence-electron chi connectivity index (χ0n) is 15.6. The summed E-state index contributed by atoms with van der Waals surface area (Å²) < 4.78 is 6.45. The van der Waals surface area contributed by atoms with Crippen molar-refractivity contribution >= 4 is 33.3 Å². The van der Waals surface area contributed by atoms with Gasteiger partial charge in [-0.05, 0) is 33.3 Å². The highest BCUT2D eigenvalue weighted by Crippen LogP contribution is 2.25. The first-order valence-corrected chi connectivity index (χ1v) is 9.35. The number of ether oxygens (including phenoxy) is 1. The monoisotopic (exact) mass is 384 g/mol. The predicted molar refractivity (Wildman–Crippen MR) is 104 cm³/mol. The third kappa shape index (κ3) is 3.83. The van der Waals surface area contributed by atoms with Gasteiger partial charge >= 0.3 is 5.97 Å². The van der Waals surface area contributed by atoms with Crippen LogP contribution in [0.3, 0.4) is 0 Å². The fraction of sp³-hybridized carbons (Fsp3) is 0.300. The van der Waals surface area contributed by atoms with Crippen molar-refractivity contribution < 1.29 is 14.3 Å². The van der Waals surface area contributed by atoms with Crippen LogP contribution in [0.1, 0.15) is 33.3 Å². The van der Waals surface area contributed by atoms with Crippen molar-refractivity contribution in [2.24, 2.45) is 0 Å². The van der Waals surface area contributed by atoms with Gasteiger partial charge in [-0.1, -0.05) is 29.8 Å². The summed E-state index contributed by atoms with van der Waals surface area (Å²) in [6, 6.07) is 7.05. The van der Waals surface area contributed by atoms with E-state index in [1.807, 2.05) is 32.9 Å². The van der Waals surface area contributed by atoms with Crippen molar-refractivity contribution in [3.05, 3.63) is 62.5 Å². The third-order valence-corrected chi connectivity index (χ3v) is 5.58. The normalized spacial score (nSPS) is 12.1. The summed E-state index contributed by atoms with van der Waals surface area (Å²) in [6.45, 7) is 6.95. The van der Waals surface area contributed by atoms with Crippen molar-refractivity contribution in [3.63, 3.8) is 0 Å². The molecule has 0 N–H and O–H groups in total. The number of aromatic nitrogens is 2. The van der Waals surface area contributed by atoms with Crippen LogP contribution >= 0.6 is 11.3 Å². The summed E-state index contributed by atoms with van der Waals surface area (Å²) in [4.78, 5) is 43.2. The summed E-state index contributed by atoms with van der Waals surface area (Å²) in [5.41, 5.74) is 2.11. The number of rotatable bonds is 5. The van der Waals surface area contributed by atoms with Gasteiger partial charge in [-0.3, -0.25) is 19.0 Å². The fourth-order valence-corrected chi connectivity index (χ4v) is 3.75. The molecule has 0 aliphatic carbocycles. The van der Waals surface area contributed by atoms with E-state index in [9.17, 15) is 14.4 Å². The van der Waals surface area contributed by atoms with E-state index < -0.39 is 12.1 Å². The smallest absolute Gasteiger partial charge is 0.326 e. The van der Waals surface area contributed by atoms with Crippen LogP contribution in [0.25, 0.3) is 10.2 Å². The van der Waals surface area contributed by atoms with Gasteiger partial charge in [0.15, 0.2) is 6.10 Å². The Hall–Kier alpha value is -2.80. The van der Waals surface area contributed by atoms with Crippen LogP contribution in [0.2, 0.25) is 0 Å². The molecule has 3 rings (SSSR count). The van der Waals surface area contributed by atoms with Gasteiger partial charge in [-0.2, -0.15) is 0 Å². The van der Waals surface area contributed by atoms with Gasteiger partial charge in [-0.15, -0.1) is 11.3 Å². The maximum absolute atomic E-state index is 12.6. The van der Waals surface area contributed by atoms with E-state index in [-0.39, 0.29) is 17.9 Å². The SMILES string of the molecule is Cc1ccc(C(=O)[C@H](C)OC(=O)Cn2cnc3sc(C)c(C)c3c2=O)cc1. The highest BCUT2D eigenvalue weighted by atomic mass is 32.1. The van der Waals surface area contributed by atoms with Gasteiger partial charge in [-0.25, -0.2) is 4.98 Å². The molecule has 1 atom stereocenters. The topological polar surface area (TPSA) is 78.3 Å². The van der Waals surface area contributed by atoms with Crippen molar-refractivity contribution in [2.75, 3.05) is 0 Å². The molecule has 0 radical (unpaired) electrons. The summed E-state index contributed by atoms with van der Waals surface area (Å²) in [7, 11) is 0. The Morgan fingerprint density at radius 1 is 1.19 bits per heavy atom. The lowest BCUT2D eigenvalue weighted by Gasteiger charge is -2.13. The standard InChI is InChI=1S/C20H20N2O4S/c1-11-5-7-15(8-6-11)18(24)13(3)26-16(23)9-22-10-21-19-17(20(22)25)12(2)14(4)27-19/h5-8,10,13H,9H2,1-4H3/t13-/m0/s1. The largest absolute Gasteiger partial charge is 0.453 e. The molecular weight excluding hydrogens is 364 g/mol. The molecule has 0 bridgehead atoms. The number of Topliss-reactive ketones (excluding diaryl/α,β-unsaturated/α-hetero) is 1. The number of thiophene rings is 1. The van der Waals surface area contributed by atoms with Crippen LogP contribution in [0.4, 0.5) is 0 Å². The maximum Gasteiger partial charge on any atom is 0.326 e. The molecule has 0 unspecified atom stereocenters. The number of carbonyl (C=O) groups is 2. The number of carbonyl (C=O) groups excluding carboxylic acids is 2. The number of hydrogen-bond donors (Lipinski definition) is 0. The van der Waals surface area contributed by atoms with E-state index in [4.69, 9.17) is 4.74 Å². The number of hydrogen-bond acceptors (Lipinski definition) is 6. The van der Waals surface area contributed by atoms with E-state index in [1.54, 1.807) is 12.1 Å². The van der Waals surface area contributed by atoms with Crippen molar-refractivity contribution in [1.82, 2.24) is 9.55 Å². The first-order chi connectivity index (χ1) is 12.8. The molecule has 7 heteroatoms. The highest BCUT2D eigenvalue weighted by Gasteiger charge is 2.20. The number of ketones is 1. The van der Waals surface area contributed by atoms with Crippen LogP contribution < -0.4 is 5.56 Å². The first-order valence-electron chi connectivity index (χ1n) is 8.53. The van der Waals surface area contributed by atoms with Crippen LogP contribution in [-0.4, -0.2) is 27.4 Å². The summed E-state index contributed by atoms with van der Waals surface area (Å²) in [6.07, 6.45) is 0.408. The van der Waals surface area contributed by atoms with Gasteiger partial charge in [0.25, 0.3) is 5.56 Å². The average Bonchev–Trinajstić information content (AvgIpc) is 2.92. The Labute approximate surface area is 160 Å². The molecular formula is C20H20N2O4S. The molecule has 0 amide bonds. The Balaban J connectivity index is 1.74. The van der Waals surface area contributed by atoms with Crippen LogP contribution in [0.15, 0.2) is 35.4 Å². The Morgan fingerprint density at radius 2 is 1.85 bits per heavy atom. The molecule has 2 heterocycles. The van der Waals surface area contributed by atoms with E-state index in [0.717, 1.165) is 16.0 Å². The number of nitrogens with zero attached hydrogens (tertiary/aromatic N) is 2. The number of benzene rings is 1. The van der Waals surface area contributed by atoms with E-state index in [0.29, 0.717) is 15.8 Å². The first kappa shape index (κ1) is 19.0. The molecule has 0 spiro atoms. The molecule has 140 valence electrons. The summed E-state index contributed by atoms with van der Waals surface area (Å²) in [5.74, 6) is -0.940. The van der Waals surface area contributed by atoms with E-state index >= 15 is 0 Å². The molecule has 1 aromatic carbocycles. The lowest BCUT2D eigenvalue weighted by molar-refractivity contribution is -0.147. The lowest BCUT2D eigenvalue weighted by Crippen LogP contribution is -2.30. The second kappa shape index (κ2) is 7.44. The lowest BCUT2D eigenvalue weighted by atomic mass is 10.1. The van der Waals surface area contributed by atoms with Crippen LogP contribution in [-0.2, 0) is 16.1 Å². The molecule has 0 aliphatic heterocycles. The number of fused-ring (bicyclic) bond motifs is 1. The Kier molecular flexibility index (Phi) is 5.23. The van der Waals surface area contributed by atoms with Gasteiger partial charge in [0.05, 0.1) is 11.7 Å². The van der Waals surface area contributed by atoms with Crippen molar-refractivity contribution in [2.45, 2.75) is 40.3 Å². The minimum Gasteiger partial charge on any atom is -0.453 e. The summed E-state index contributed by atoms with van der Waals surface area (Å²) >= 11 is 1.45. The van der Waals surface area contributed by atoms with Crippen LogP contribution in [0, 0.1) is 20.8 Å². The fourth-order valence-electron chi connectivity index (χ4n) is 2.76. The van der Waals surface area contributed by atoms with Gasteiger partial charge in [0.1, 0.15) is 11.4 Å². The van der Waals surface area contributed by atoms with Gasteiger partial charge in [0.2, 0.25) is 5.78 Å². The van der Waals surface area contributed by atoms with Gasteiger partial charge in [0, 0.05) is 10.4 Å². The molecule has 2 aromatic heterocycles. The molecule has 0 aliphatic rings. The predicted octanol–water partition coefficient (Wildman–Crippen LogP) is 3.20. The maximum atomic E-state index is 12.6. The molecule has 3 aromatic rings. The van der Waals surface area contributed by atoms with Crippen LogP contribution in [0.5, 0.6) is 0 Å². The molecule has 6 nitrogen and oxygen atoms in total.